The van der Waals surface area contributed by atoms with Crippen molar-refractivity contribution < 1.29 is 0 Å². The second-order valence-electron chi connectivity index (χ2n) is 5.04. The summed E-state index contributed by atoms with van der Waals surface area (Å²) in [6.45, 7) is 3.32. The number of thiocarbonyl (C=S) groups is 1. The molecule has 21 heavy (non-hydrogen) atoms. The van der Waals surface area contributed by atoms with E-state index in [1.807, 2.05) is 29.2 Å². The normalized spacial score (nSPS) is 15.5. The quantitative estimate of drug-likeness (QED) is 0.781. The van der Waals surface area contributed by atoms with Gasteiger partial charge in [-0.25, -0.2) is 4.98 Å². The summed E-state index contributed by atoms with van der Waals surface area (Å²) >= 11 is 11.1. The van der Waals surface area contributed by atoms with Crippen LogP contribution < -0.4 is 16.4 Å². The molecule has 5 nitrogen and oxygen atoms in total. The number of halogens is 1. The van der Waals surface area contributed by atoms with Gasteiger partial charge >= 0.3 is 0 Å². The number of piperazine rings is 1. The van der Waals surface area contributed by atoms with E-state index in [1.54, 1.807) is 0 Å². The molecule has 7 heteroatoms. The number of nitrogens with zero attached hydrogens (tertiary/aromatic N) is 3. The van der Waals surface area contributed by atoms with Gasteiger partial charge in [0.1, 0.15) is 5.82 Å². The highest BCUT2D eigenvalue weighted by atomic mass is 35.5. The first kappa shape index (κ1) is 14.2. The van der Waals surface area contributed by atoms with Crippen LogP contribution in [0.4, 0.5) is 11.5 Å². The van der Waals surface area contributed by atoms with Crippen LogP contribution in [0.2, 0.25) is 5.02 Å². The lowest BCUT2D eigenvalue weighted by Gasteiger charge is -2.36. The van der Waals surface area contributed by atoms with Crippen molar-refractivity contribution >= 4 is 51.3 Å². The third-order valence-corrected chi connectivity index (χ3v) is 4.20. The molecule has 0 amide bonds. The third kappa shape index (κ3) is 2.82. The second kappa shape index (κ2) is 5.54. The number of nitrogens with two attached hydrogens (primary N) is 2. The van der Waals surface area contributed by atoms with E-state index in [2.05, 4.69) is 9.88 Å². The smallest absolute Gasteiger partial charge is 0.166 e. The molecule has 0 bridgehead atoms. The van der Waals surface area contributed by atoms with Crippen LogP contribution in [-0.2, 0) is 0 Å². The van der Waals surface area contributed by atoms with Gasteiger partial charge in [0, 0.05) is 48.3 Å². The first-order valence-corrected chi connectivity index (χ1v) is 7.48. The molecule has 1 aliphatic heterocycles. The van der Waals surface area contributed by atoms with Crippen molar-refractivity contribution in [2.24, 2.45) is 5.73 Å². The molecular weight excluding hydrogens is 306 g/mol. The van der Waals surface area contributed by atoms with E-state index < -0.39 is 0 Å². The molecule has 0 radical (unpaired) electrons. The number of nitrogen functional groups attached to an aromatic ring is 1. The van der Waals surface area contributed by atoms with Gasteiger partial charge in [-0.15, -0.1) is 0 Å². The number of fused-ring (bicyclic) bond motifs is 1. The summed E-state index contributed by atoms with van der Waals surface area (Å²) in [7, 11) is 0. The molecule has 1 fully saturated rings. The third-order valence-electron chi connectivity index (χ3n) is 3.70. The van der Waals surface area contributed by atoms with Crippen LogP contribution in [0.25, 0.3) is 10.9 Å². The maximum atomic E-state index is 6.03. The molecule has 110 valence electrons. The van der Waals surface area contributed by atoms with E-state index in [9.17, 15) is 0 Å². The minimum atomic E-state index is 0.459. The summed E-state index contributed by atoms with van der Waals surface area (Å²) < 4.78 is 0. The van der Waals surface area contributed by atoms with E-state index in [0.717, 1.165) is 42.8 Å². The largest absolute Gasteiger partial charge is 0.384 e. The van der Waals surface area contributed by atoms with Crippen molar-refractivity contribution in [3.05, 3.63) is 29.3 Å². The lowest BCUT2D eigenvalue weighted by molar-refractivity contribution is 0.389. The van der Waals surface area contributed by atoms with Crippen molar-refractivity contribution in [2.75, 3.05) is 36.8 Å². The molecule has 0 saturated carbocycles. The molecule has 1 saturated heterocycles. The van der Waals surface area contributed by atoms with Gasteiger partial charge in [0.15, 0.2) is 5.11 Å². The van der Waals surface area contributed by atoms with Crippen LogP contribution in [0.15, 0.2) is 24.3 Å². The fourth-order valence-electron chi connectivity index (χ4n) is 2.63. The predicted molar refractivity (Wildman–Crippen MR) is 91.7 cm³/mol. The maximum absolute atomic E-state index is 6.03. The number of anilines is 2. The highest BCUT2D eigenvalue weighted by Crippen LogP contribution is 2.30. The molecule has 3 rings (SSSR count). The monoisotopic (exact) mass is 321 g/mol. The van der Waals surface area contributed by atoms with Gasteiger partial charge < -0.3 is 21.3 Å². The molecule has 0 unspecified atom stereocenters. The second-order valence-corrected chi connectivity index (χ2v) is 5.89. The van der Waals surface area contributed by atoms with E-state index in [4.69, 9.17) is 35.3 Å². The molecule has 0 aliphatic carbocycles. The lowest BCUT2D eigenvalue weighted by atomic mass is 10.1. The van der Waals surface area contributed by atoms with Gasteiger partial charge in [-0.3, -0.25) is 0 Å². The summed E-state index contributed by atoms with van der Waals surface area (Å²) in [6, 6.07) is 7.60. The van der Waals surface area contributed by atoms with E-state index in [0.29, 0.717) is 16.0 Å². The fourth-order valence-corrected chi connectivity index (χ4v) is 2.98. The predicted octanol–water partition coefficient (Wildman–Crippen LogP) is 1.84. The van der Waals surface area contributed by atoms with Crippen LogP contribution in [-0.4, -0.2) is 41.2 Å². The van der Waals surface area contributed by atoms with Crippen LogP contribution >= 0.6 is 23.8 Å². The zero-order valence-corrected chi connectivity index (χ0v) is 13.0. The maximum Gasteiger partial charge on any atom is 0.166 e. The Balaban J connectivity index is 1.95. The van der Waals surface area contributed by atoms with Crippen molar-refractivity contribution in [3.8, 4) is 0 Å². The standard InChI is InChI=1S/C14H16ClN5S/c15-9-1-2-10-11(7-9)18-13(16)8-12(10)19-3-5-20(6-4-19)14(17)21/h1-2,7-8H,3-6H2,(H2,16,18)(H2,17,21). The van der Waals surface area contributed by atoms with Gasteiger partial charge in [-0.05, 0) is 30.4 Å². The summed E-state index contributed by atoms with van der Waals surface area (Å²) in [6.07, 6.45) is 0. The fraction of sp³-hybridized carbons (Fsp3) is 0.286. The van der Waals surface area contributed by atoms with Gasteiger partial charge in [0.2, 0.25) is 0 Å². The molecule has 4 N–H and O–H groups in total. The Labute approximate surface area is 133 Å². The van der Waals surface area contributed by atoms with Crippen LogP contribution in [0, 0.1) is 0 Å². The average molecular weight is 322 g/mol. The highest BCUT2D eigenvalue weighted by Gasteiger charge is 2.20. The van der Waals surface area contributed by atoms with Gasteiger partial charge in [-0.2, -0.15) is 0 Å². The van der Waals surface area contributed by atoms with Gasteiger partial charge in [0.25, 0.3) is 0 Å². The minimum absolute atomic E-state index is 0.459. The number of hydrogen-bond acceptors (Lipinski definition) is 4. The van der Waals surface area contributed by atoms with Crippen molar-refractivity contribution in [1.82, 2.24) is 9.88 Å². The highest BCUT2D eigenvalue weighted by molar-refractivity contribution is 7.80. The number of pyridine rings is 1. The first-order chi connectivity index (χ1) is 10.0. The Hall–Kier alpha value is -1.79. The lowest BCUT2D eigenvalue weighted by Crippen LogP contribution is -2.50. The number of benzene rings is 1. The van der Waals surface area contributed by atoms with E-state index >= 15 is 0 Å². The zero-order valence-electron chi connectivity index (χ0n) is 11.4. The number of aromatic nitrogens is 1. The molecule has 0 atom stereocenters. The first-order valence-electron chi connectivity index (χ1n) is 6.70. The van der Waals surface area contributed by atoms with Gasteiger partial charge in [0.05, 0.1) is 5.52 Å². The summed E-state index contributed by atoms with van der Waals surface area (Å²) in [5, 5.41) is 2.17. The van der Waals surface area contributed by atoms with Crippen LogP contribution in [0.5, 0.6) is 0 Å². The molecule has 1 aliphatic rings. The number of rotatable bonds is 1. The van der Waals surface area contributed by atoms with Crippen LogP contribution in [0.3, 0.4) is 0 Å². The Kier molecular flexibility index (Phi) is 3.73. The molecule has 0 spiro atoms. The Bertz CT molecular complexity index is 692. The molecule has 1 aromatic carbocycles. The average Bonchev–Trinajstić information content (AvgIpc) is 2.46. The SMILES string of the molecule is NC(=S)N1CCN(c2cc(N)nc3cc(Cl)ccc23)CC1. The van der Waals surface area contributed by atoms with E-state index in [-0.39, 0.29) is 0 Å². The molecular formula is C14H16ClN5S. The van der Waals surface area contributed by atoms with Gasteiger partial charge in [-0.1, -0.05) is 11.6 Å². The summed E-state index contributed by atoms with van der Waals surface area (Å²) in [5.41, 5.74) is 13.5. The Morgan fingerprint density at radius 3 is 2.57 bits per heavy atom. The van der Waals surface area contributed by atoms with E-state index in [1.165, 1.54) is 0 Å². The summed E-state index contributed by atoms with van der Waals surface area (Å²) in [4.78, 5) is 8.64. The Morgan fingerprint density at radius 1 is 1.19 bits per heavy atom. The van der Waals surface area contributed by atoms with Crippen molar-refractivity contribution in [3.63, 3.8) is 0 Å². The summed E-state index contributed by atoms with van der Waals surface area (Å²) in [5.74, 6) is 0.497. The topological polar surface area (TPSA) is 71.4 Å². The number of hydrogen-bond donors (Lipinski definition) is 2. The van der Waals surface area contributed by atoms with Crippen molar-refractivity contribution in [1.29, 1.82) is 0 Å². The molecule has 1 aromatic heterocycles. The molecule has 2 heterocycles. The Morgan fingerprint density at radius 2 is 1.90 bits per heavy atom. The zero-order chi connectivity index (χ0) is 15.0. The molecule has 2 aromatic rings. The minimum Gasteiger partial charge on any atom is -0.384 e. The van der Waals surface area contributed by atoms with Crippen LogP contribution in [0.1, 0.15) is 0 Å². The van der Waals surface area contributed by atoms with Crippen molar-refractivity contribution in [2.45, 2.75) is 0 Å².